The van der Waals surface area contributed by atoms with Crippen molar-refractivity contribution in [2.45, 2.75) is 6.04 Å². The number of hydrogen-bond acceptors (Lipinski definition) is 6. The first-order valence-electron chi connectivity index (χ1n) is 9.44. The number of fused-ring (bicyclic) bond motifs is 1. The highest BCUT2D eigenvalue weighted by atomic mass is 15.3. The van der Waals surface area contributed by atoms with Crippen molar-refractivity contribution in [2.24, 2.45) is 0 Å². The summed E-state index contributed by atoms with van der Waals surface area (Å²) < 4.78 is 0. The minimum atomic E-state index is 0.270. The Bertz CT molecular complexity index is 1080. The molecule has 138 valence electrons. The predicted molar refractivity (Wildman–Crippen MR) is 110 cm³/mol. The van der Waals surface area contributed by atoms with E-state index in [-0.39, 0.29) is 6.04 Å². The van der Waals surface area contributed by atoms with Gasteiger partial charge in [-0.15, -0.1) is 0 Å². The predicted octanol–water partition coefficient (Wildman–Crippen LogP) is 3.24. The monoisotopic (exact) mass is 368 g/mol. The van der Waals surface area contributed by atoms with Crippen LogP contribution in [0.3, 0.4) is 0 Å². The molecular formula is C22H20N6. The second-order valence-corrected chi connectivity index (χ2v) is 6.86. The van der Waals surface area contributed by atoms with Crippen LogP contribution in [0.1, 0.15) is 11.6 Å². The van der Waals surface area contributed by atoms with Gasteiger partial charge in [-0.25, -0.2) is 9.97 Å². The first-order chi connectivity index (χ1) is 13.9. The molecule has 1 aromatic carbocycles. The quantitative estimate of drug-likeness (QED) is 0.599. The summed E-state index contributed by atoms with van der Waals surface area (Å²) >= 11 is 0. The van der Waals surface area contributed by atoms with E-state index in [1.165, 1.54) is 5.56 Å². The average Bonchev–Trinajstić information content (AvgIpc) is 2.79. The van der Waals surface area contributed by atoms with E-state index in [0.29, 0.717) is 5.82 Å². The van der Waals surface area contributed by atoms with Crippen LogP contribution in [0.2, 0.25) is 0 Å². The van der Waals surface area contributed by atoms with Crippen molar-refractivity contribution >= 4 is 16.7 Å². The van der Waals surface area contributed by atoms with E-state index < -0.39 is 0 Å². The minimum Gasteiger partial charge on any atom is -0.353 e. The number of nitrogens with zero attached hydrogens (tertiary/aromatic N) is 5. The van der Waals surface area contributed by atoms with Gasteiger partial charge in [0.25, 0.3) is 0 Å². The van der Waals surface area contributed by atoms with Gasteiger partial charge in [0, 0.05) is 55.2 Å². The molecule has 0 aliphatic carbocycles. The van der Waals surface area contributed by atoms with Crippen molar-refractivity contribution in [1.82, 2.24) is 25.3 Å². The van der Waals surface area contributed by atoms with E-state index >= 15 is 0 Å². The molecule has 5 rings (SSSR count). The van der Waals surface area contributed by atoms with Gasteiger partial charge < -0.3 is 10.2 Å². The van der Waals surface area contributed by atoms with Crippen LogP contribution in [0.25, 0.3) is 22.3 Å². The first-order valence-corrected chi connectivity index (χ1v) is 9.44. The number of rotatable bonds is 3. The van der Waals surface area contributed by atoms with Crippen LogP contribution in [-0.2, 0) is 0 Å². The fraction of sp³-hybridized carbons (Fsp3) is 0.182. The Balaban J connectivity index is 1.57. The number of aromatic nitrogens is 4. The summed E-state index contributed by atoms with van der Waals surface area (Å²) in [4.78, 5) is 20.4. The number of nitrogens with one attached hydrogen (secondary N) is 1. The van der Waals surface area contributed by atoms with Crippen molar-refractivity contribution < 1.29 is 0 Å². The van der Waals surface area contributed by atoms with Gasteiger partial charge in [-0.05, 0) is 23.8 Å². The van der Waals surface area contributed by atoms with Crippen LogP contribution in [0.4, 0.5) is 5.82 Å². The average molecular weight is 368 g/mol. The van der Waals surface area contributed by atoms with Crippen LogP contribution in [-0.4, -0.2) is 39.6 Å². The summed E-state index contributed by atoms with van der Waals surface area (Å²) in [7, 11) is 0. The van der Waals surface area contributed by atoms with Crippen molar-refractivity contribution in [3.05, 3.63) is 78.9 Å². The summed E-state index contributed by atoms with van der Waals surface area (Å²) in [5, 5.41) is 4.65. The lowest BCUT2D eigenvalue weighted by Gasteiger charge is -2.35. The molecule has 0 saturated carbocycles. The molecule has 1 aliphatic heterocycles. The van der Waals surface area contributed by atoms with Gasteiger partial charge in [0.15, 0.2) is 5.82 Å². The van der Waals surface area contributed by atoms with E-state index in [2.05, 4.69) is 50.5 Å². The summed E-state index contributed by atoms with van der Waals surface area (Å²) in [6.07, 6.45) is 7.14. The zero-order valence-electron chi connectivity index (χ0n) is 15.4. The highest BCUT2D eigenvalue weighted by Gasteiger charge is 2.24. The molecular weight excluding hydrogens is 348 g/mol. The Morgan fingerprint density at radius 1 is 0.893 bits per heavy atom. The molecule has 0 bridgehead atoms. The number of piperazine rings is 1. The normalized spacial score (nSPS) is 17.0. The highest BCUT2D eigenvalue weighted by Crippen LogP contribution is 2.29. The molecule has 1 saturated heterocycles. The summed E-state index contributed by atoms with van der Waals surface area (Å²) in [6.45, 7) is 2.66. The van der Waals surface area contributed by atoms with Gasteiger partial charge in [0.05, 0.1) is 11.7 Å². The van der Waals surface area contributed by atoms with Crippen molar-refractivity contribution in [3.63, 3.8) is 0 Å². The fourth-order valence-electron chi connectivity index (χ4n) is 3.69. The van der Waals surface area contributed by atoms with Crippen LogP contribution >= 0.6 is 0 Å². The number of anilines is 1. The molecule has 0 spiro atoms. The molecule has 1 aliphatic rings. The third kappa shape index (κ3) is 3.18. The standard InChI is InChI=1S/C22H20N6/c1-2-4-16(5-3-1)20-15-28(13-12-25-20)22-18-8-11-24-14-19(18)26-21(27-22)17-6-9-23-10-7-17/h1-11,14,20,25H,12-13,15H2. The number of pyridine rings is 2. The van der Waals surface area contributed by atoms with E-state index in [0.717, 1.165) is 41.9 Å². The summed E-state index contributed by atoms with van der Waals surface area (Å²) in [5.74, 6) is 1.66. The zero-order valence-corrected chi connectivity index (χ0v) is 15.4. The van der Waals surface area contributed by atoms with Gasteiger partial charge in [-0.3, -0.25) is 9.97 Å². The van der Waals surface area contributed by atoms with E-state index in [1.54, 1.807) is 18.6 Å². The smallest absolute Gasteiger partial charge is 0.162 e. The lowest BCUT2D eigenvalue weighted by Crippen LogP contribution is -2.46. The third-order valence-corrected chi connectivity index (χ3v) is 5.09. The second-order valence-electron chi connectivity index (χ2n) is 6.86. The van der Waals surface area contributed by atoms with E-state index in [1.807, 2.05) is 24.4 Å². The number of benzene rings is 1. The molecule has 1 N–H and O–H groups in total. The highest BCUT2D eigenvalue weighted by molar-refractivity contribution is 5.90. The van der Waals surface area contributed by atoms with Gasteiger partial charge in [0.2, 0.25) is 0 Å². The maximum Gasteiger partial charge on any atom is 0.162 e. The first kappa shape index (κ1) is 16.8. The van der Waals surface area contributed by atoms with Crippen molar-refractivity contribution in [3.8, 4) is 11.4 Å². The maximum atomic E-state index is 4.95. The van der Waals surface area contributed by atoms with E-state index in [9.17, 15) is 0 Å². The van der Waals surface area contributed by atoms with Crippen LogP contribution < -0.4 is 10.2 Å². The molecule has 4 aromatic rings. The van der Waals surface area contributed by atoms with Gasteiger partial charge in [0.1, 0.15) is 5.82 Å². The molecule has 1 fully saturated rings. The number of hydrogen-bond donors (Lipinski definition) is 1. The second kappa shape index (κ2) is 7.32. The maximum absolute atomic E-state index is 4.95. The molecule has 28 heavy (non-hydrogen) atoms. The molecule has 6 heteroatoms. The SMILES string of the molecule is c1ccc(C2CN(c3nc(-c4ccncc4)nc4cnccc34)CCN2)cc1. The zero-order chi connectivity index (χ0) is 18.8. The minimum absolute atomic E-state index is 0.270. The summed E-state index contributed by atoms with van der Waals surface area (Å²) in [6, 6.07) is 16.7. The molecule has 1 atom stereocenters. The van der Waals surface area contributed by atoms with E-state index in [4.69, 9.17) is 9.97 Å². The topological polar surface area (TPSA) is 66.8 Å². The molecule has 0 amide bonds. The summed E-state index contributed by atoms with van der Waals surface area (Å²) in [5.41, 5.74) is 3.10. The lowest BCUT2D eigenvalue weighted by atomic mass is 10.0. The molecule has 0 radical (unpaired) electrons. The molecule has 1 unspecified atom stereocenters. The largest absolute Gasteiger partial charge is 0.353 e. The van der Waals surface area contributed by atoms with Crippen LogP contribution in [0.5, 0.6) is 0 Å². The molecule has 3 aromatic heterocycles. The Kier molecular flexibility index (Phi) is 4.39. The molecule has 6 nitrogen and oxygen atoms in total. The van der Waals surface area contributed by atoms with Crippen LogP contribution in [0, 0.1) is 0 Å². The molecule has 4 heterocycles. The Morgan fingerprint density at radius 2 is 1.71 bits per heavy atom. The van der Waals surface area contributed by atoms with Crippen molar-refractivity contribution in [2.75, 3.05) is 24.5 Å². The fourth-order valence-corrected chi connectivity index (χ4v) is 3.69. The Morgan fingerprint density at radius 3 is 2.57 bits per heavy atom. The van der Waals surface area contributed by atoms with Gasteiger partial charge in [-0.2, -0.15) is 0 Å². The Labute approximate surface area is 163 Å². The lowest BCUT2D eigenvalue weighted by molar-refractivity contribution is 0.470. The third-order valence-electron chi connectivity index (χ3n) is 5.09. The van der Waals surface area contributed by atoms with Gasteiger partial charge in [-0.1, -0.05) is 30.3 Å². The van der Waals surface area contributed by atoms with Crippen LogP contribution in [0.15, 0.2) is 73.3 Å². The Hall–Kier alpha value is -3.38. The van der Waals surface area contributed by atoms with Crippen molar-refractivity contribution in [1.29, 1.82) is 0 Å². The van der Waals surface area contributed by atoms with Gasteiger partial charge >= 0.3 is 0 Å².